The number of likely N-dealkylation sites (tertiary alicyclic amines) is 2. The molecule has 1 spiro atoms. The number of nitrogens with zero attached hydrogens (tertiary/aromatic N) is 4. The summed E-state index contributed by atoms with van der Waals surface area (Å²) in [6.45, 7) is 2.94. The zero-order valence-corrected chi connectivity index (χ0v) is 20.8. The number of hydrogen-bond donors (Lipinski definition) is 0. The van der Waals surface area contributed by atoms with E-state index in [1.807, 2.05) is 57.0 Å². The number of hydrogen-bond acceptors (Lipinski definition) is 5. The molecule has 7 nitrogen and oxygen atoms in total. The van der Waals surface area contributed by atoms with E-state index in [4.69, 9.17) is 0 Å². The first-order valence-corrected chi connectivity index (χ1v) is 13.1. The molecule has 0 unspecified atom stereocenters. The van der Waals surface area contributed by atoms with E-state index in [1.165, 1.54) is 0 Å². The van der Waals surface area contributed by atoms with Crippen LogP contribution in [0.4, 0.5) is 0 Å². The molecular formula is C27H30N4O3S. The second-order valence-corrected chi connectivity index (χ2v) is 10.5. The number of rotatable bonds is 5. The summed E-state index contributed by atoms with van der Waals surface area (Å²) in [5.41, 5.74) is 3.01. The van der Waals surface area contributed by atoms with Gasteiger partial charge in [-0.2, -0.15) is 11.3 Å². The van der Waals surface area contributed by atoms with Crippen LogP contribution in [0.25, 0.3) is 17.1 Å². The monoisotopic (exact) mass is 490 g/mol. The van der Waals surface area contributed by atoms with E-state index in [0.29, 0.717) is 12.1 Å². The van der Waals surface area contributed by atoms with Crippen molar-refractivity contribution in [2.45, 2.75) is 32.1 Å². The van der Waals surface area contributed by atoms with Gasteiger partial charge in [0.1, 0.15) is 5.69 Å². The summed E-state index contributed by atoms with van der Waals surface area (Å²) in [4.78, 5) is 46.6. The average Bonchev–Trinajstić information content (AvgIpc) is 3.55. The van der Waals surface area contributed by atoms with Crippen LogP contribution in [-0.4, -0.2) is 57.3 Å². The lowest BCUT2D eigenvalue weighted by atomic mass is 9.78. The lowest BCUT2D eigenvalue weighted by molar-refractivity contribution is -0.132. The van der Waals surface area contributed by atoms with Crippen molar-refractivity contribution in [3.05, 3.63) is 68.8 Å². The number of aryl methyl sites for hydroxylation is 2. The highest BCUT2D eigenvalue weighted by atomic mass is 32.1. The third kappa shape index (κ3) is 4.93. The first-order chi connectivity index (χ1) is 16.9. The summed E-state index contributed by atoms with van der Waals surface area (Å²) in [7, 11) is 1.75. The number of carbonyl (C=O) groups excluding carboxylic acids is 2. The zero-order valence-electron chi connectivity index (χ0n) is 20.0. The fourth-order valence-electron chi connectivity index (χ4n) is 5.29. The number of aromatic nitrogens is 2. The van der Waals surface area contributed by atoms with Crippen LogP contribution in [0.3, 0.4) is 0 Å². The number of amides is 2. The van der Waals surface area contributed by atoms with Gasteiger partial charge in [0.15, 0.2) is 0 Å². The molecule has 4 heterocycles. The lowest BCUT2D eigenvalue weighted by Gasteiger charge is -2.39. The smallest absolute Gasteiger partial charge is 0.272 e. The van der Waals surface area contributed by atoms with Gasteiger partial charge in [-0.3, -0.25) is 14.4 Å². The van der Waals surface area contributed by atoms with Gasteiger partial charge in [0.2, 0.25) is 11.8 Å². The minimum Gasteiger partial charge on any atom is -0.342 e. The van der Waals surface area contributed by atoms with Crippen LogP contribution < -0.4 is 5.56 Å². The topological polar surface area (TPSA) is 75.5 Å². The SMILES string of the molecule is Cn1c(=O)c(CCC(=O)N2CCC3(CCN(C(=O)C=Cc4ccsc4)CC3)C2)nc2ccccc21. The largest absolute Gasteiger partial charge is 0.342 e. The van der Waals surface area contributed by atoms with E-state index >= 15 is 0 Å². The van der Waals surface area contributed by atoms with E-state index in [2.05, 4.69) is 4.98 Å². The van der Waals surface area contributed by atoms with Crippen molar-refractivity contribution in [3.8, 4) is 0 Å². The number of fused-ring (bicyclic) bond motifs is 1. The third-order valence-corrected chi connectivity index (χ3v) is 8.22. The number of para-hydroxylation sites is 2. The van der Waals surface area contributed by atoms with Gasteiger partial charge in [-0.1, -0.05) is 12.1 Å². The normalized spacial score (nSPS) is 17.6. The Kier molecular flexibility index (Phi) is 6.56. The number of carbonyl (C=O) groups is 2. The summed E-state index contributed by atoms with van der Waals surface area (Å²) >= 11 is 1.62. The summed E-state index contributed by atoms with van der Waals surface area (Å²) in [6.07, 6.45) is 6.98. The van der Waals surface area contributed by atoms with E-state index in [9.17, 15) is 14.4 Å². The Hall–Kier alpha value is -3.26. The second-order valence-electron chi connectivity index (χ2n) is 9.69. The molecule has 0 atom stereocenters. The highest BCUT2D eigenvalue weighted by molar-refractivity contribution is 7.08. The molecule has 2 aromatic heterocycles. The summed E-state index contributed by atoms with van der Waals surface area (Å²) in [5.74, 6) is 0.137. The van der Waals surface area contributed by atoms with E-state index < -0.39 is 0 Å². The predicted molar refractivity (Wildman–Crippen MR) is 138 cm³/mol. The summed E-state index contributed by atoms with van der Waals surface area (Å²) < 4.78 is 1.61. The average molecular weight is 491 g/mol. The van der Waals surface area contributed by atoms with Crippen molar-refractivity contribution in [1.29, 1.82) is 0 Å². The van der Waals surface area contributed by atoms with Gasteiger partial charge in [0.25, 0.3) is 5.56 Å². The van der Waals surface area contributed by atoms with Gasteiger partial charge in [-0.15, -0.1) is 0 Å². The second kappa shape index (κ2) is 9.77. The fourth-order valence-corrected chi connectivity index (χ4v) is 5.91. The van der Waals surface area contributed by atoms with E-state index in [1.54, 1.807) is 29.0 Å². The first-order valence-electron chi connectivity index (χ1n) is 12.2. The highest BCUT2D eigenvalue weighted by Gasteiger charge is 2.42. The van der Waals surface area contributed by atoms with Crippen molar-refractivity contribution in [3.63, 3.8) is 0 Å². The van der Waals surface area contributed by atoms with Crippen LogP contribution in [0.1, 0.15) is 36.9 Å². The Bertz CT molecular complexity index is 1320. The van der Waals surface area contributed by atoms with Gasteiger partial charge in [0.05, 0.1) is 11.0 Å². The summed E-state index contributed by atoms with van der Waals surface area (Å²) in [6, 6.07) is 9.55. The van der Waals surface area contributed by atoms with Crippen molar-refractivity contribution >= 4 is 40.3 Å². The molecule has 5 rings (SSSR count). The highest BCUT2D eigenvalue weighted by Crippen LogP contribution is 2.40. The molecular weight excluding hydrogens is 460 g/mol. The molecule has 0 aliphatic carbocycles. The van der Waals surface area contributed by atoms with Crippen molar-refractivity contribution in [1.82, 2.24) is 19.4 Å². The van der Waals surface area contributed by atoms with Crippen LogP contribution in [0.2, 0.25) is 0 Å². The molecule has 0 radical (unpaired) electrons. The van der Waals surface area contributed by atoms with Crippen molar-refractivity contribution < 1.29 is 9.59 Å². The van der Waals surface area contributed by atoms with Crippen LogP contribution in [0, 0.1) is 5.41 Å². The molecule has 0 saturated carbocycles. The van der Waals surface area contributed by atoms with E-state index in [0.717, 1.165) is 62.0 Å². The molecule has 0 bridgehead atoms. The molecule has 2 aliphatic rings. The lowest BCUT2D eigenvalue weighted by Crippen LogP contribution is -2.44. The molecule has 182 valence electrons. The van der Waals surface area contributed by atoms with Gasteiger partial charge in [-0.05, 0) is 65.3 Å². The van der Waals surface area contributed by atoms with Crippen LogP contribution in [0.5, 0.6) is 0 Å². The summed E-state index contributed by atoms with van der Waals surface area (Å²) in [5, 5.41) is 4.02. The Morgan fingerprint density at radius 2 is 1.83 bits per heavy atom. The minimum absolute atomic E-state index is 0.0569. The molecule has 1 aromatic carbocycles. The van der Waals surface area contributed by atoms with Gasteiger partial charge in [0, 0.05) is 52.1 Å². The van der Waals surface area contributed by atoms with Crippen LogP contribution in [-0.2, 0) is 23.1 Å². The number of thiophene rings is 1. The van der Waals surface area contributed by atoms with E-state index in [-0.39, 0.29) is 29.2 Å². The fraction of sp³-hybridized carbons (Fsp3) is 0.407. The van der Waals surface area contributed by atoms with Gasteiger partial charge in [-0.25, -0.2) is 4.98 Å². The number of benzene rings is 1. The number of piperidine rings is 1. The first kappa shape index (κ1) is 23.5. The molecule has 8 heteroatoms. The Balaban J connectivity index is 1.15. The quantitative estimate of drug-likeness (QED) is 0.513. The molecule has 2 amide bonds. The van der Waals surface area contributed by atoms with Crippen molar-refractivity contribution in [2.75, 3.05) is 26.2 Å². The molecule has 35 heavy (non-hydrogen) atoms. The maximum atomic E-state index is 13.0. The Labute approximate surface area is 208 Å². The van der Waals surface area contributed by atoms with Crippen LogP contribution in [0.15, 0.2) is 52.0 Å². The Morgan fingerprint density at radius 3 is 2.57 bits per heavy atom. The predicted octanol–water partition coefficient (Wildman–Crippen LogP) is 3.48. The Morgan fingerprint density at radius 1 is 1.09 bits per heavy atom. The molecule has 2 aliphatic heterocycles. The maximum absolute atomic E-state index is 13.0. The standard InChI is InChI=1S/C27H30N4O3S/c1-29-23-5-3-2-4-21(23)28-22(26(29)34)7-9-25(33)31-16-13-27(19-31)11-14-30(15-12-27)24(32)8-6-20-10-17-35-18-20/h2-6,8,10,17-18H,7,9,11-16,19H2,1H3. The molecule has 2 fully saturated rings. The molecule has 3 aromatic rings. The van der Waals surface area contributed by atoms with Gasteiger partial charge < -0.3 is 14.4 Å². The molecule has 0 N–H and O–H groups in total. The third-order valence-electron chi connectivity index (χ3n) is 7.51. The van der Waals surface area contributed by atoms with Gasteiger partial charge >= 0.3 is 0 Å². The van der Waals surface area contributed by atoms with Crippen molar-refractivity contribution in [2.24, 2.45) is 12.5 Å². The molecule has 2 saturated heterocycles. The van der Waals surface area contributed by atoms with Crippen LogP contribution >= 0.6 is 11.3 Å². The minimum atomic E-state index is -0.139. The maximum Gasteiger partial charge on any atom is 0.272 e. The zero-order chi connectivity index (χ0) is 24.4.